The van der Waals surface area contributed by atoms with Crippen molar-refractivity contribution in [3.05, 3.63) is 29.8 Å². The van der Waals surface area contributed by atoms with Gasteiger partial charge >= 0.3 is 11.9 Å². The lowest BCUT2D eigenvalue weighted by atomic mass is 9.99. The Balaban J connectivity index is 3.16. The van der Waals surface area contributed by atoms with Gasteiger partial charge in [0.2, 0.25) is 17.7 Å². The molecule has 4 atom stereocenters. The fraction of sp³-hybridized carbons (Fsp3) is 0.577. The topological polar surface area (TPSA) is 208 Å². The first-order chi connectivity index (χ1) is 17.7. The predicted molar refractivity (Wildman–Crippen MR) is 139 cm³/mol. The summed E-state index contributed by atoms with van der Waals surface area (Å²) in [5, 5.41) is 35.4. The van der Waals surface area contributed by atoms with Gasteiger partial charge in [0, 0.05) is 12.8 Å². The number of hydrogen-bond donors (Lipinski definition) is 7. The van der Waals surface area contributed by atoms with E-state index in [4.69, 9.17) is 10.8 Å². The molecule has 1 aromatic rings. The molecule has 0 aromatic heterocycles. The number of phenols is 1. The number of carboxylic acid groups (broad SMARTS) is 2. The Morgan fingerprint density at radius 1 is 0.763 bits per heavy atom. The number of carbonyl (C=O) groups is 5. The van der Waals surface area contributed by atoms with Crippen LogP contribution in [0.3, 0.4) is 0 Å². The number of aliphatic carboxylic acids is 2. The smallest absolute Gasteiger partial charge is 0.326 e. The van der Waals surface area contributed by atoms with Gasteiger partial charge in [-0.15, -0.1) is 0 Å². The summed E-state index contributed by atoms with van der Waals surface area (Å²) in [6, 6.07) is 1.32. The fourth-order valence-corrected chi connectivity index (χ4v) is 3.74. The highest BCUT2D eigenvalue weighted by Crippen LogP contribution is 2.13. The SMILES string of the molecule is CC(C)CC(N)C(=O)NC(CC(C)C)C(=O)NC(Cc1ccc(O)cc1)C(=O)NC(CCC(=O)O)C(=O)O. The molecule has 0 aliphatic rings. The molecule has 0 spiro atoms. The second-order valence-corrected chi connectivity index (χ2v) is 10.2. The molecule has 0 saturated carbocycles. The van der Waals surface area contributed by atoms with Crippen LogP contribution in [0.25, 0.3) is 0 Å². The number of nitrogens with two attached hydrogens (primary N) is 1. The molecule has 1 rings (SSSR count). The summed E-state index contributed by atoms with van der Waals surface area (Å²) in [4.78, 5) is 61.5. The van der Waals surface area contributed by atoms with E-state index in [0.717, 1.165) is 0 Å². The van der Waals surface area contributed by atoms with Crippen LogP contribution < -0.4 is 21.7 Å². The maximum Gasteiger partial charge on any atom is 0.326 e. The van der Waals surface area contributed by atoms with Crippen LogP contribution in [0.1, 0.15) is 58.9 Å². The van der Waals surface area contributed by atoms with Crippen molar-refractivity contribution in [3.63, 3.8) is 0 Å². The minimum absolute atomic E-state index is 0.00385. The lowest BCUT2D eigenvalue weighted by molar-refractivity contribution is -0.143. The van der Waals surface area contributed by atoms with E-state index in [-0.39, 0.29) is 36.8 Å². The van der Waals surface area contributed by atoms with Crippen LogP contribution in [0, 0.1) is 11.8 Å². The molecular formula is C26H40N4O8. The van der Waals surface area contributed by atoms with Crippen molar-refractivity contribution < 1.29 is 39.3 Å². The second kappa shape index (κ2) is 15.6. The second-order valence-electron chi connectivity index (χ2n) is 10.2. The average Bonchev–Trinajstić information content (AvgIpc) is 2.80. The van der Waals surface area contributed by atoms with Gasteiger partial charge in [-0.25, -0.2) is 4.79 Å². The normalized spacial score (nSPS) is 14.3. The number of amides is 3. The van der Waals surface area contributed by atoms with Gasteiger partial charge < -0.3 is 37.0 Å². The Hall–Kier alpha value is -3.67. The van der Waals surface area contributed by atoms with Gasteiger partial charge in [-0.2, -0.15) is 0 Å². The number of nitrogens with one attached hydrogen (secondary N) is 3. The van der Waals surface area contributed by atoms with E-state index in [0.29, 0.717) is 12.0 Å². The van der Waals surface area contributed by atoms with Crippen LogP contribution in [0.5, 0.6) is 5.75 Å². The maximum absolute atomic E-state index is 13.3. The van der Waals surface area contributed by atoms with E-state index in [9.17, 15) is 34.2 Å². The quantitative estimate of drug-likeness (QED) is 0.159. The summed E-state index contributed by atoms with van der Waals surface area (Å²) in [6.45, 7) is 7.56. The molecular weight excluding hydrogens is 496 g/mol. The first-order valence-corrected chi connectivity index (χ1v) is 12.6. The molecule has 0 fully saturated rings. The average molecular weight is 537 g/mol. The van der Waals surface area contributed by atoms with Crippen LogP contribution in [0.4, 0.5) is 0 Å². The van der Waals surface area contributed by atoms with Gasteiger partial charge in [-0.3, -0.25) is 19.2 Å². The largest absolute Gasteiger partial charge is 0.508 e. The number of carboxylic acids is 2. The Bertz CT molecular complexity index is 964. The number of hydrogen-bond acceptors (Lipinski definition) is 7. The third kappa shape index (κ3) is 12.0. The number of phenolic OH excluding ortho intramolecular Hbond substituents is 1. The Morgan fingerprint density at radius 3 is 1.76 bits per heavy atom. The van der Waals surface area contributed by atoms with Gasteiger partial charge in [-0.1, -0.05) is 39.8 Å². The Labute approximate surface area is 222 Å². The number of aromatic hydroxyl groups is 1. The molecule has 38 heavy (non-hydrogen) atoms. The molecule has 3 amide bonds. The number of carbonyl (C=O) groups excluding carboxylic acids is 3. The highest BCUT2D eigenvalue weighted by molar-refractivity contribution is 5.94. The minimum atomic E-state index is -1.49. The van der Waals surface area contributed by atoms with E-state index in [2.05, 4.69) is 16.0 Å². The van der Waals surface area contributed by atoms with Crippen molar-refractivity contribution in [2.45, 2.75) is 84.0 Å². The molecule has 12 heteroatoms. The zero-order valence-electron chi connectivity index (χ0n) is 22.3. The summed E-state index contributed by atoms with van der Waals surface area (Å²) in [5.41, 5.74) is 6.53. The first kappa shape index (κ1) is 32.4. The minimum Gasteiger partial charge on any atom is -0.508 e. The fourth-order valence-electron chi connectivity index (χ4n) is 3.74. The zero-order valence-corrected chi connectivity index (χ0v) is 22.3. The van der Waals surface area contributed by atoms with Crippen LogP contribution in [0.15, 0.2) is 24.3 Å². The summed E-state index contributed by atoms with van der Waals surface area (Å²) in [5.74, 6) is -4.47. The van der Waals surface area contributed by atoms with Crippen molar-refractivity contribution in [2.75, 3.05) is 0 Å². The Morgan fingerprint density at radius 2 is 1.26 bits per heavy atom. The van der Waals surface area contributed by atoms with Gasteiger partial charge in [0.25, 0.3) is 0 Å². The van der Waals surface area contributed by atoms with Crippen molar-refractivity contribution >= 4 is 29.7 Å². The third-order valence-electron chi connectivity index (χ3n) is 5.67. The molecule has 0 bridgehead atoms. The lowest BCUT2D eigenvalue weighted by Gasteiger charge is -2.26. The predicted octanol–water partition coefficient (Wildman–Crippen LogP) is 0.758. The van der Waals surface area contributed by atoms with Gasteiger partial charge in [0.1, 0.15) is 23.9 Å². The Kier molecular flexibility index (Phi) is 13.2. The van der Waals surface area contributed by atoms with Crippen molar-refractivity contribution in [2.24, 2.45) is 17.6 Å². The molecule has 4 unspecified atom stereocenters. The molecule has 0 radical (unpaired) electrons. The monoisotopic (exact) mass is 536 g/mol. The van der Waals surface area contributed by atoms with Gasteiger partial charge in [0.05, 0.1) is 6.04 Å². The molecule has 0 heterocycles. The molecule has 0 aliphatic carbocycles. The van der Waals surface area contributed by atoms with Gasteiger partial charge in [0.15, 0.2) is 0 Å². The molecule has 212 valence electrons. The summed E-state index contributed by atoms with van der Waals surface area (Å²) >= 11 is 0. The molecule has 1 aromatic carbocycles. The van der Waals surface area contributed by atoms with Crippen molar-refractivity contribution in [1.29, 1.82) is 0 Å². The lowest BCUT2D eigenvalue weighted by Crippen LogP contribution is -2.58. The van der Waals surface area contributed by atoms with Crippen LogP contribution in [0.2, 0.25) is 0 Å². The standard InChI is InChI=1S/C26H40N4O8/c1-14(2)11-18(27)23(34)29-20(12-15(3)4)24(35)30-21(13-16-5-7-17(31)8-6-16)25(36)28-19(26(37)38)9-10-22(32)33/h5-8,14-15,18-21,31H,9-13,27H2,1-4H3,(H,28,36)(H,29,34)(H,30,35)(H,32,33)(H,37,38). The van der Waals surface area contributed by atoms with Crippen LogP contribution in [-0.4, -0.2) is 69.1 Å². The van der Waals surface area contributed by atoms with Crippen LogP contribution >= 0.6 is 0 Å². The highest BCUT2D eigenvalue weighted by atomic mass is 16.4. The van der Waals surface area contributed by atoms with Crippen molar-refractivity contribution in [3.8, 4) is 5.75 Å². The van der Waals surface area contributed by atoms with Gasteiger partial charge in [-0.05, 0) is 48.8 Å². The van der Waals surface area contributed by atoms with E-state index in [1.54, 1.807) is 12.1 Å². The summed E-state index contributed by atoms with van der Waals surface area (Å²) in [6.07, 6.45) is -0.212. The van der Waals surface area contributed by atoms with E-state index in [1.165, 1.54) is 12.1 Å². The number of rotatable bonds is 16. The molecule has 12 nitrogen and oxygen atoms in total. The molecule has 0 saturated heterocycles. The molecule has 0 aliphatic heterocycles. The summed E-state index contributed by atoms with van der Waals surface area (Å²) in [7, 11) is 0. The molecule has 8 N–H and O–H groups in total. The first-order valence-electron chi connectivity index (χ1n) is 12.6. The highest BCUT2D eigenvalue weighted by Gasteiger charge is 2.31. The number of benzene rings is 1. The zero-order chi connectivity index (χ0) is 29.0. The van der Waals surface area contributed by atoms with Crippen LogP contribution in [-0.2, 0) is 30.4 Å². The van der Waals surface area contributed by atoms with E-state index in [1.807, 2.05) is 27.7 Å². The van der Waals surface area contributed by atoms with E-state index >= 15 is 0 Å². The van der Waals surface area contributed by atoms with E-state index < -0.39 is 60.2 Å². The maximum atomic E-state index is 13.3. The summed E-state index contributed by atoms with van der Waals surface area (Å²) < 4.78 is 0. The third-order valence-corrected chi connectivity index (χ3v) is 5.67. The van der Waals surface area contributed by atoms with Crippen molar-refractivity contribution in [1.82, 2.24) is 16.0 Å².